The van der Waals surface area contributed by atoms with Gasteiger partial charge in [-0.2, -0.15) is 0 Å². The zero-order chi connectivity index (χ0) is 16.1. The number of carbonyl (C=O) groups is 1. The summed E-state index contributed by atoms with van der Waals surface area (Å²) in [6.07, 6.45) is 0.943. The van der Waals surface area contributed by atoms with Gasteiger partial charge in [-0.25, -0.2) is 0 Å². The monoisotopic (exact) mass is 320 g/mol. The second-order valence-electron chi connectivity index (χ2n) is 5.52. The second-order valence-corrected chi connectivity index (χ2v) is 5.52. The molecule has 0 radical (unpaired) electrons. The molecular formula is C17H20O6. The summed E-state index contributed by atoms with van der Waals surface area (Å²) < 4.78 is 26.1. The Labute approximate surface area is 134 Å². The van der Waals surface area contributed by atoms with Gasteiger partial charge >= 0.3 is 5.97 Å². The van der Waals surface area contributed by atoms with Gasteiger partial charge in [0.05, 0.1) is 6.61 Å². The Hall–Kier alpha value is -2.21. The summed E-state index contributed by atoms with van der Waals surface area (Å²) in [5.41, 5.74) is 1.06. The number of hydrogen-bond acceptors (Lipinski definition) is 6. The highest BCUT2D eigenvalue weighted by molar-refractivity contribution is 5.69. The van der Waals surface area contributed by atoms with E-state index >= 15 is 0 Å². The largest absolute Gasteiger partial charge is 0.491 e. The van der Waals surface area contributed by atoms with Crippen molar-refractivity contribution in [3.8, 4) is 5.75 Å². The highest BCUT2D eigenvalue weighted by Gasteiger charge is 2.23. The standard InChI is InChI=1S/C17H20O6/c1-12-19-10-16(23-12)11-22-17(18)7-4-13-2-5-14(6-3-13)20-8-15-9-21-15/h2-3,5-6,15-16H,1,4,7-11H2/t15-,16-/m0/s1. The Kier molecular flexibility index (Phi) is 5.02. The third kappa shape index (κ3) is 5.17. The van der Waals surface area contributed by atoms with Gasteiger partial charge in [0.2, 0.25) is 0 Å². The van der Waals surface area contributed by atoms with Crippen molar-refractivity contribution in [2.24, 2.45) is 0 Å². The van der Waals surface area contributed by atoms with Crippen LogP contribution in [0.4, 0.5) is 0 Å². The van der Waals surface area contributed by atoms with Gasteiger partial charge in [0.25, 0.3) is 5.95 Å². The Morgan fingerprint density at radius 3 is 2.61 bits per heavy atom. The van der Waals surface area contributed by atoms with Crippen molar-refractivity contribution in [2.75, 3.05) is 26.4 Å². The SMILES string of the molecule is C=C1OC[C@@H](COC(=O)CCc2ccc(OC[C@H]3CO3)cc2)O1. The lowest BCUT2D eigenvalue weighted by molar-refractivity contribution is -0.146. The molecule has 0 amide bonds. The van der Waals surface area contributed by atoms with E-state index in [1.165, 1.54) is 0 Å². The molecule has 6 nitrogen and oxygen atoms in total. The number of epoxide rings is 1. The first-order chi connectivity index (χ1) is 11.2. The van der Waals surface area contributed by atoms with Crippen molar-refractivity contribution in [3.63, 3.8) is 0 Å². The molecule has 2 fully saturated rings. The molecule has 2 aliphatic heterocycles. The molecule has 2 heterocycles. The van der Waals surface area contributed by atoms with E-state index in [4.69, 9.17) is 23.7 Å². The topological polar surface area (TPSA) is 66.5 Å². The van der Waals surface area contributed by atoms with Crippen molar-refractivity contribution in [1.82, 2.24) is 0 Å². The van der Waals surface area contributed by atoms with Gasteiger partial charge in [0.1, 0.15) is 31.7 Å². The van der Waals surface area contributed by atoms with E-state index in [1.54, 1.807) is 0 Å². The maximum atomic E-state index is 11.7. The van der Waals surface area contributed by atoms with E-state index in [1.807, 2.05) is 24.3 Å². The smallest absolute Gasteiger partial charge is 0.306 e. The van der Waals surface area contributed by atoms with Crippen molar-refractivity contribution in [2.45, 2.75) is 25.0 Å². The number of hydrogen-bond donors (Lipinski definition) is 0. The van der Waals surface area contributed by atoms with E-state index < -0.39 is 0 Å². The molecule has 0 aliphatic carbocycles. The third-order valence-corrected chi connectivity index (χ3v) is 3.54. The van der Waals surface area contributed by atoms with Crippen LogP contribution < -0.4 is 4.74 Å². The lowest BCUT2D eigenvalue weighted by Gasteiger charge is -2.09. The van der Waals surface area contributed by atoms with E-state index in [0.29, 0.717) is 26.1 Å². The fourth-order valence-electron chi connectivity index (χ4n) is 2.13. The average Bonchev–Trinajstić information content (AvgIpc) is 3.30. The Morgan fingerprint density at radius 2 is 1.96 bits per heavy atom. The van der Waals surface area contributed by atoms with Crippen LogP contribution in [0.25, 0.3) is 0 Å². The van der Waals surface area contributed by atoms with Gasteiger partial charge in [0, 0.05) is 6.42 Å². The Bertz CT molecular complexity index is 549. The minimum absolute atomic E-state index is 0.188. The lowest BCUT2D eigenvalue weighted by Crippen LogP contribution is -2.20. The van der Waals surface area contributed by atoms with Gasteiger partial charge in [-0.3, -0.25) is 4.79 Å². The first kappa shape index (κ1) is 15.7. The van der Waals surface area contributed by atoms with Crippen LogP contribution in [0.2, 0.25) is 0 Å². The third-order valence-electron chi connectivity index (χ3n) is 3.54. The predicted octanol–water partition coefficient (Wildman–Crippen LogP) is 1.83. The molecule has 2 aliphatic rings. The predicted molar refractivity (Wildman–Crippen MR) is 80.9 cm³/mol. The molecule has 0 bridgehead atoms. The van der Waals surface area contributed by atoms with Crippen LogP contribution in [0.5, 0.6) is 5.75 Å². The normalized spacial score (nSPS) is 22.2. The molecule has 6 heteroatoms. The summed E-state index contributed by atoms with van der Waals surface area (Å²) in [4.78, 5) is 11.7. The molecular weight excluding hydrogens is 300 g/mol. The van der Waals surface area contributed by atoms with Crippen LogP contribution in [0.3, 0.4) is 0 Å². The van der Waals surface area contributed by atoms with Gasteiger partial charge in [-0.1, -0.05) is 12.1 Å². The summed E-state index contributed by atoms with van der Waals surface area (Å²) in [7, 11) is 0. The highest BCUT2D eigenvalue weighted by Crippen LogP contribution is 2.17. The molecule has 2 atom stereocenters. The van der Waals surface area contributed by atoms with Crippen molar-refractivity contribution in [1.29, 1.82) is 0 Å². The van der Waals surface area contributed by atoms with Gasteiger partial charge in [-0.15, -0.1) is 0 Å². The number of ether oxygens (including phenoxy) is 5. The van der Waals surface area contributed by atoms with Crippen LogP contribution in [0.15, 0.2) is 36.8 Å². The molecule has 23 heavy (non-hydrogen) atoms. The van der Waals surface area contributed by atoms with E-state index in [9.17, 15) is 4.79 Å². The number of aryl methyl sites for hydroxylation is 1. The first-order valence-electron chi connectivity index (χ1n) is 7.66. The maximum Gasteiger partial charge on any atom is 0.306 e. The van der Waals surface area contributed by atoms with Crippen molar-refractivity contribution < 1.29 is 28.5 Å². The van der Waals surface area contributed by atoms with E-state index in [-0.39, 0.29) is 30.7 Å². The molecule has 3 rings (SSSR count). The summed E-state index contributed by atoms with van der Waals surface area (Å²) in [5.74, 6) is 0.837. The average molecular weight is 320 g/mol. The van der Waals surface area contributed by atoms with Gasteiger partial charge in [0.15, 0.2) is 6.10 Å². The Morgan fingerprint density at radius 1 is 1.17 bits per heavy atom. The minimum atomic E-state index is -0.252. The van der Waals surface area contributed by atoms with Crippen LogP contribution >= 0.6 is 0 Å². The molecule has 0 saturated carbocycles. The van der Waals surface area contributed by atoms with E-state index in [2.05, 4.69) is 6.58 Å². The lowest BCUT2D eigenvalue weighted by atomic mass is 10.1. The van der Waals surface area contributed by atoms with Crippen LogP contribution in [-0.2, 0) is 30.2 Å². The molecule has 0 spiro atoms. The summed E-state index contributed by atoms with van der Waals surface area (Å²) >= 11 is 0. The first-order valence-corrected chi connectivity index (χ1v) is 7.66. The minimum Gasteiger partial charge on any atom is -0.491 e. The zero-order valence-corrected chi connectivity index (χ0v) is 12.9. The van der Waals surface area contributed by atoms with E-state index in [0.717, 1.165) is 17.9 Å². The number of esters is 1. The highest BCUT2D eigenvalue weighted by atomic mass is 16.7. The molecule has 2 saturated heterocycles. The quantitative estimate of drug-likeness (QED) is 0.538. The summed E-state index contributed by atoms with van der Waals surface area (Å²) in [6, 6.07) is 7.71. The number of benzene rings is 1. The second kappa shape index (κ2) is 7.37. The molecule has 1 aromatic rings. The van der Waals surface area contributed by atoms with Crippen LogP contribution in [0, 0.1) is 0 Å². The number of carbonyl (C=O) groups excluding carboxylic acids is 1. The van der Waals surface area contributed by atoms with Crippen LogP contribution in [-0.4, -0.2) is 44.6 Å². The van der Waals surface area contributed by atoms with Crippen LogP contribution in [0.1, 0.15) is 12.0 Å². The number of rotatable bonds is 8. The molecule has 0 aromatic heterocycles. The molecule has 124 valence electrons. The maximum absolute atomic E-state index is 11.7. The fraction of sp³-hybridized carbons (Fsp3) is 0.471. The van der Waals surface area contributed by atoms with Gasteiger partial charge in [-0.05, 0) is 30.7 Å². The van der Waals surface area contributed by atoms with Crippen molar-refractivity contribution >= 4 is 5.97 Å². The summed E-state index contributed by atoms with van der Waals surface area (Å²) in [5, 5.41) is 0. The molecule has 0 N–H and O–H groups in total. The fourth-order valence-corrected chi connectivity index (χ4v) is 2.13. The van der Waals surface area contributed by atoms with Gasteiger partial charge < -0.3 is 23.7 Å². The zero-order valence-electron chi connectivity index (χ0n) is 12.9. The summed E-state index contributed by atoms with van der Waals surface area (Å²) in [6.45, 7) is 5.47. The van der Waals surface area contributed by atoms with Crippen molar-refractivity contribution in [3.05, 3.63) is 42.4 Å². The Balaban J connectivity index is 1.33. The molecule has 0 unspecified atom stereocenters. The molecule has 1 aromatic carbocycles.